The zero-order valence-electron chi connectivity index (χ0n) is 22.1. The summed E-state index contributed by atoms with van der Waals surface area (Å²) in [5.41, 5.74) is -4.59. The van der Waals surface area contributed by atoms with Gasteiger partial charge in [0.1, 0.15) is 30.5 Å². The fourth-order valence-electron chi connectivity index (χ4n) is 4.98. The van der Waals surface area contributed by atoms with Gasteiger partial charge in [0.15, 0.2) is 5.65 Å². The first-order valence-electron chi connectivity index (χ1n) is 13.1. The van der Waals surface area contributed by atoms with Gasteiger partial charge >= 0.3 is 6.18 Å². The van der Waals surface area contributed by atoms with Crippen LogP contribution in [0, 0.1) is 5.82 Å². The van der Waals surface area contributed by atoms with Crippen LogP contribution < -0.4 is 10.1 Å². The number of aromatic nitrogens is 3. The summed E-state index contributed by atoms with van der Waals surface area (Å²) in [6.45, 7) is -0.993. The number of amides is 1. The Balaban J connectivity index is 1.38. The quantitative estimate of drug-likeness (QED) is 0.257. The summed E-state index contributed by atoms with van der Waals surface area (Å²) in [5, 5.41) is 13.5. The van der Waals surface area contributed by atoms with E-state index in [1.807, 2.05) is 0 Å². The topological polar surface area (TPSA) is 88.8 Å². The zero-order chi connectivity index (χ0) is 30.0. The van der Waals surface area contributed by atoms with Crippen molar-refractivity contribution in [2.75, 3.05) is 19.8 Å². The lowest BCUT2D eigenvalue weighted by molar-refractivity contribution is -0.265. The normalized spacial score (nSPS) is 19.8. The van der Waals surface area contributed by atoms with Crippen molar-refractivity contribution in [3.8, 4) is 17.0 Å². The first-order valence-corrected chi connectivity index (χ1v) is 13.5. The Morgan fingerprint density at radius 3 is 2.55 bits per heavy atom. The minimum Gasteiger partial charge on any atom is -0.490 e. The number of benzene rings is 1. The van der Waals surface area contributed by atoms with E-state index in [4.69, 9.17) is 16.3 Å². The van der Waals surface area contributed by atoms with Gasteiger partial charge in [-0.2, -0.15) is 13.2 Å². The van der Waals surface area contributed by atoms with Gasteiger partial charge in [-0.05, 0) is 56.2 Å². The van der Waals surface area contributed by atoms with E-state index in [9.17, 15) is 31.9 Å². The summed E-state index contributed by atoms with van der Waals surface area (Å²) in [6.07, 6.45) is -0.232. The summed E-state index contributed by atoms with van der Waals surface area (Å²) in [6, 6.07) is 6.98. The van der Waals surface area contributed by atoms with Gasteiger partial charge in [0.25, 0.3) is 5.91 Å². The molecule has 1 aliphatic carbocycles. The predicted octanol–water partition coefficient (Wildman–Crippen LogP) is 5.87. The molecule has 0 bridgehead atoms. The number of halogens is 6. The molecule has 2 atom stereocenters. The van der Waals surface area contributed by atoms with E-state index in [2.05, 4.69) is 15.3 Å². The molecule has 7 nitrogen and oxygen atoms in total. The number of hydrogen-bond donors (Lipinski definition) is 2. The van der Waals surface area contributed by atoms with Crippen LogP contribution >= 0.6 is 11.6 Å². The summed E-state index contributed by atoms with van der Waals surface area (Å²) < 4.78 is 78.7. The van der Waals surface area contributed by atoms with Crippen LogP contribution in [0.25, 0.3) is 16.9 Å². The third-order valence-electron chi connectivity index (χ3n) is 7.75. The molecule has 13 heteroatoms. The molecule has 1 aromatic carbocycles. The molecule has 6 rings (SSSR count). The summed E-state index contributed by atoms with van der Waals surface area (Å²) in [4.78, 5) is 21.6. The van der Waals surface area contributed by atoms with E-state index in [1.165, 1.54) is 35.7 Å². The van der Waals surface area contributed by atoms with Crippen molar-refractivity contribution in [2.45, 2.75) is 42.9 Å². The monoisotopic (exact) mass is 606 g/mol. The Kier molecular flexibility index (Phi) is 6.69. The molecule has 1 amide bonds. The molecule has 220 valence electrons. The van der Waals surface area contributed by atoms with Crippen LogP contribution in [0.4, 0.5) is 22.0 Å². The summed E-state index contributed by atoms with van der Waals surface area (Å²) in [5.74, 6) is -1.18. The molecule has 0 radical (unpaired) electrons. The maximum atomic E-state index is 14.6. The highest BCUT2D eigenvalue weighted by Gasteiger charge is 2.57. The number of carbonyl (C=O) groups excluding carboxylic acids is 1. The van der Waals surface area contributed by atoms with Gasteiger partial charge in [-0.1, -0.05) is 11.6 Å². The van der Waals surface area contributed by atoms with Crippen LogP contribution in [0.15, 0.2) is 48.8 Å². The average Bonchev–Trinajstić information content (AvgIpc) is 3.63. The Bertz CT molecular complexity index is 1710. The van der Waals surface area contributed by atoms with E-state index in [-0.39, 0.29) is 39.8 Å². The van der Waals surface area contributed by atoms with Crippen molar-refractivity contribution in [2.24, 2.45) is 0 Å². The third-order valence-corrected chi connectivity index (χ3v) is 8.03. The molecule has 0 saturated heterocycles. The Labute approximate surface area is 241 Å². The molecule has 1 fully saturated rings. The van der Waals surface area contributed by atoms with Gasteiger partial charge in [-0.15, -0.1) is 0 Å². The first kappa shape index (κ1) is 28.4. The minimum absolute atomic E-state index is 0.0351. The standard InChI is InChI=1S/C29H24ClF5N4O3/c1-27(12-31)14-42-24-19(27)9-22(38-23(24)16-4-6-18(32)7-5-16)28(41,29(33,34)35)13-36-26(40)17-8-20(30)25-37-21(15-2-3-15)11-39(25)10-17/h4-11,15,41H,2-3,12-14H2,1H3,(H,36,40)/t27-,28+/m1/s1. The number of hydrogen-bond acceptors (Lipinski definition) is 5. The van der Waals surface area contributed by atoms with Crippen LogP contribution in [0.3, 0.4) is 0 Å². The number of imidazole rings is 1. The molecule has 2 N–H and O–H groups in total. The minimum atomic E-state index is -5.32. The fraction of sp³-hybridized carbons (Fsp3) is 0.345. The number of nitrogens with one attached hydrogen (secondary N) is 1. The van der Waals surface area contributed by atoms with Crippen molar-refractivity contribution >= 4 is 23.2 Å². The molecule has 42 heavy (non-hydrogen) atoms. The number of aliphatic hydroxyl groups is 1. The Morgan fingerprint density at radius 1 is 1.19 bits per heavy atom. The highest BCUT2D eigenvalue weighted by atomic mass is 35.5. The lowest BCUT2D eigenvalue weighted by Crippen LogP contribution is -2.51. The zero-order valence-corrected chi connectivity index (χ0v) is 22.9. The maximum absolute atomic E-state index is 14.6. The number of nitrogens with zero attached hydrogens (tertiary/aromatic N) is 3. The van der Waals surface area contributed by atoms with E-state index in [0.717, 1.165) is 36.7 Å². The molecule has 0 spiro atoms. The second kappa shape index (κ2) is 9.91. The molecule has 2 aliphatic rings. The Morgan fingerprint density at radius 2 is 1.90 bits per heavy atom. The highest BCUT2D eigenvalue weighted by molar-refractivity contribution is 6.33. The number of rotatable bonds is 7. The van der Waals surface area contributed by atoms with Crippen LogP contribution in [-0.4, -0.2) is 51.4 Å². The van der Waals surface area contributed by atoms with E-state index in [0.29, 0.717) is 11.6 Å². The van der Waals surface area contributed by atoms with Crippen LogP contribution in [0.5, 0.6) is 5.75 Å². The predicted molar refractivity (Wildman–Crippen MR) is 143 cm³/mol. The second-order valence-electron chi connectivity index (χ2n) is 11.0. The number of pyridine rings is 2. The Hall–Kier alpha value is -3.77. The lowest BCUT2D eigenvalue weighted by atomic mass is 9.83. The second-order valence-corrected chi connectivity index (χ2v) is 11.4. The van der Waals surface area contributed by atoms with Crippen LogP contribution in [0.2, 0.25) is 5.02 Å². The van der Waals surface area contributed by atoms with Crippen molar-refractivity contribution in [3.05, 3.63) is 82.1 Å². The molecule has 3 aromatic heterocycles. The van der Waals surface area contributed by atoms with Crippen LogP contribution in [-0.2, 0) is 11.0 Å². The SMILES string of the molecule is C[C@@]1(CF)COc2c1cc([C@@](O)(CNC(=O)c1cc(Cl)c3nc(C4CC4)cn3c1)C(F)(F)F)nc2-c1ccc(F)cc1. The van der Waals surface area contributed by atoms with E-state index in [1.54, 1.807) is 6.20 Å². The fourth-order valence-corrected chi connectivity index (χ4v) is 5.24. The average molecular weight is 607 g/mol. The van der Waals surface area contributed by atoms with Gasteiger partial charge in [0.2, 0.25) is 5.60 Å². The molecule has 0 unspecified atom stereocenters. The summed E-state index contributed by atoms with van der Waals surface area (Å²) >= 11 is 6.31. The number of ether oxygens (including phenoxy) is 1. The van der Waals surface area contributed by atoms with Crippen molar-refractivity contribution < 1.29 is 36.6 Å². The lowest BCUT2D eigenvalue weighted by Gasteiger charge is -2.31. The van der Waals surface area contributed by atoms with Gasteiger partial charge in [0.05, 0.1) is 33.9 Å². The van der Waals surface area contributed by atoms with Crippen LogP contribution in [0.1, 0.15) is 53.0 Å². The number of carbonyl (C=O) groups is 1. The van der Waals surface area contributed by atoms with E-state index < -0.39 is 47.8 Å². The van der Waals surface area contributed by atoms with Gasteiger partial charge in [-0.25, -0.2) is 18.7 Å². The van der Waals surface area contributed by atoms with Crippen molar-refractivity contribution in [3.63, 3.8) is 0 Å². The molecule has 4 aromatic rings. The molecular formula is C29H24ClF5N4O3. The van der Waals surface area contributed by atoms with Gasteiger partial charge in [0, 0.05) is 29.4 Å². The first-order chi connectivity index (χ1) is 19.8. The molecular weight excluding hydrogens is 583 g/mol. The largest absolute Gasteiger partial charge is 0.490 e. The van der Waals surface area contributed by atoms with Gasteiger partial charge in [-0.3, -0.25) is 4.79 Å². The summed E-state index contributed by atoms with van der Waals surface area (Å²) in [7, 11) is 0. The number of fused-ring (bicyclic) bond motifs is 2. The molecule has 1 aliphatic heterocycles. The van der Waals surface area contributed by atoms with Gasteiger partial charge < -0.3 is 19.6 Å². The molecule has 4 heterocycles. The maximum Gasteiger partial charge on any atom is 0.424 e. The van der Waals surface area contributed by atoms with Crippen molar-refractivity contribution in [1.29, 1.82) is 0 Å². The molecule has 1 saturated carbocycles. The smallest absolute Gasteiger partial charge is 0.424 e. The van der Waals surface area contributed by atoms with Crippen molar-refractivity contribution in [1.82, 2.24) is 19.7 Å². The third kappa shape index (κ3) is 4.76. The highest BCUT2D eigenvalue weighted by Crippen LogP contribution is 2.48. The van der Waals surface area contributed by atoms with E-state index >= 15 is 0 Å². The number of alkyl halides is 4.